The fourth-order valence-electron chi connectivity index (χ4n) is 4.37. The van der Waals surface area contributed by atoms with E-state index < -0.39 is 0 Å². The second-order valence-corrected chi connectivity index (χ2v) is 8.52. The van der Waals surface area contributed by atoms with Gasteiger partial charge in [-0.05, 0) is 49.8 Å². The SMILES string of the molecule is CC1CCC(NC(=O)Cn2nc(N3CCN(c4ccccc4)CC3)ccc2=O)CC1. The number of benzene rings is 1. The minimum Gasteiger partial charge on any atom is -0.368 e. The van der Waals surface area contributed by atoms with Crippen molar-refractivity contribution in [1.82, 2.24) is 15.1 Å². The lowest BCUT2D eigenvalue weighted by molar-refractivity contribution is -0.122. The summed E-state index contributed by atoms with van der Waals surface area (Å²) >= 11 is 0. The summed E-state index contributed by atoms with van der Waals surface area (Å²) in [4.78, 5) is 29.3. The molecule has 4 rings (SSSR count). The van der Waals surface area contributed by atoms with Crippen molar-refractivity contribution in [3.63, 3.8) is 0 Å². The molecule has 1 amide bonds. The van der Waals surface area contributed by atoms with E-state index in [9.17, 15) is 9.59 Å². The minimum atomic E-state index is -0.242. The zero-order valence-corrected chi connectivity index (χ0v) is 17.7. The predicted molar refractivity (Wildman–Crippen MR) is 119 cm³/mol. The molecule has 1 aromatic carbocycles. The molecule has 1 N–H and O–H groups in total. The minimum absolute atomic E-state index is 0.0251. The van der Waals surface area contributed by atoms with E-state index >= 15 is 0 Å². The molecule has 7 nitrogen and oxygen atoms in total. The molecule has 2 aliphatic rings. The van der Waals surface area contributed by atoms with Gasteiger partial charge in [-0.2, -0.15) is 5.10 Å². The maximum Gasteiger partial charge on any atom is 0.267 e. The molecule has 2 fully saturated rings. The number of rotatable bonds is 5. The van der Waals surface area contributed by atoms with Gasteiger partial charge in [0, 0.05) is 44.0 Å². The van der Waals surface area contributed by atoms with E-state index in [0.717, 1.165) is 63.6 Å². The average Bonchev–Trinajstić information content (AvgIpc) is 2.78. The van der Waals surface area contributed by atoms with Crippen molar-refractivity contribution in [2.75, 3.05) is 36.0 Å². The Morgan fingerprint density at radius 3 is 2.33 bits per heavy atom. The second-order valence-electron chi connectivity index (χ2n) is 8.52. The summed E-state index contributed by atoms with van der Waals surface area (Å²) in [6, 6.07) is 13.9. The lowest BCUT2D eigenvalue weighted by atomic mass is 9.87. The van der Waals surface area contributed by atoms with Crippen LogP contribution in [0.4, 0.5) is 11.5 Å². The summed E-state index contributed by atoms with van der Waals surface area (Å²) in [6.45, 7) is 5.67. The highest BCUT2D eigenvalue weighted by atomic mass is 16.2. The molecule has 1 aliphatic carbocycles. The van der Waals surface area contributed by atoms with Crippen molar-refractivity contribution >= 4 is 17.4 Å². The molecule has 1 saturated heterocycles. The first kappa shape index (κ1) is 20.4. The molecule has 0 unspecified atom stereocenters. The molecule has 2 aromatic rings. The largest absolute Gasteiger partial charge is 0.368 e. The normalized spacial score (nSPS) is 22.0. The Bertz CT molecular complexity index is 897. The number of aromatic nitrogens is 2. The third-order valence-electron chi connectivity index (χ3n) is 6.25. The van der Waals surface area contributed by atoms with Crippen LogP contribution in [0.15, 0.2) is 47.3 Å². The van der Waals surface area contributed by atoms with Crippen molar-refractivity contribution in [1.29, 1.82) is 0 Å². The first-order chi connectivity index (χ1) is 14.6. The van der Waals surface area contributed by atoms with E-state index in [2.05, 4.69) is 51.4 Å². The van der Waals surface area contributed by atoms with Crippen molar-refractivity contribution in [2.45, 2.75) is 45.2 Å². The van der Waals surface area contributed by atoms with E-state index in [1.54, 1.807) is 6.07 Å². The van der Waals surface area contributed by atoms with Crippen LogP contribution in [0.2, 0.25) is 0 Å². The molecule has 0 radical (unpaired) electrons. The van der Waals surface area contributed by atoms with Crippen molar-refractivity contribution < 1.29 is 4.79 Å². The number of nitrogens with zero attached hydrogens (tertiary/aromatic N) is 4. The highest BCUT2D eigenvalue weighted by molar-refractivity contribution is 5.76. The van der Waals surface area contributed by atoms with E-state index in [4.69, 9.17) is 0 Å². The van der Waals surface area contributed by atoms with Gasteiger partial charge in [0.1, 0.15) is 12.4 Å². The molecule has 0 bridgehead atoms. The summed E-state index contributed by atoms with van der Waals surface area (Å²) in [5.41, 5.74) is 0.984. The quantitative estimate of drug-likeness (QED) is 0.820. The Morgan fingerprint density at radius 1 is 0.967 bits per heavy atom. The van der Waals surface area contributed by atoms with Gasteiger partial charge < -0.3 is 15.1 Å². The van der Waals surface area contributed by atoms with Crippen LogP contribution in [0.25, 0.3) is 0 Å². The fraction of sp³-hybridized carbons (Fsp3) is 0.522. The van der Waals surface area contributed by atoms with Crippen LogP contribution in [0.1, 0.15) is 32.6 Å². The molecule has 7 heteroatoms. The van der Waals surface area contributed by atoms with Crippen LogP contribution < -0.4 is 20.7 Å². The van der Waals surface area contributed by atoms with Gasteiger partial charge in [-0.3, -0.25) is 9.59 Å². The van der Waals surface area contributed by atoms with Crippen molar-refractivity contribution in [3.8, 4) is 0 Å². The maximum absolute atomic E-state index is 12.5. The molecule has 1 aromatic heterocycles. The topological polar surface area (TPSA) is 70.5 Å². The van der Waals surface area contributed by atoms with Crippen molar-refractivity contribution in [2.24, 2.45) is 5.92 Å². The number of hydrogen-bond donors (Lipinski definition) is 1. The third kappa shape index (κ3) is 5.01. The van der Waals surface area contributed by atoms with E-state index in [0.29, 0.717) is 0 Å². The van der Waals surface area contributed by atoms with Gasteiger partial charge >= 0.3 is 0 Å². The number of nitrogens with one attached hydrogen (secondary N) is 1. The van der Waals surface area contributed by atoms with Gasteiger partial charge in [0.25, 0.3) is 5.56 Å². The van der Waals surface area contributed by atoms with Gasteiger partial charge in [-0.15, -0.1) is 0 Å². The zero-order chi connectivity index (χ0) is 20.9. The van der Waals surface area contributed by atoms with E-state index in [-0.39, 0.29) is 24.1 Å². The Hall–Kier alpha value is -2.83. The maximum atomic E-state index is 12.5. The highest BCUT2D eigenvalue weighted by Gasteiger charge is 2.21. The van der Waals surface area contributed by atoms with Gasteiger partial charge in [0.05, 0.1) is 0 Å². The lowest BCUT2D eigenvalue weighted by Gasteiger charge is -2.36. The molecular weight excluding hydrogens is 378 g/mol. The summed E-state index contributed by atoms with van der Waals surface area (Å²) in [5, 5.41) is 7.57. The number of amides is 1. The van der Waals surface area contributed by atoms with Crippen LogP contribution >= 0.6 is 0 Å². The van der Waals surface area contributed by atoms with E-state index in [1.165, 1.54) is 16.4 Å². The fourth-order valence-corrected chi connectivity index (χ4v) is 4.37. The summed E-state index contributed by atoms with van der Waals surface area (Å²) < 4.78 is 1.29. The van der Waals surface area contributed by atoms with Crippen molar-refractivity contribution in [3.05, 3.63) is 52.8 Å². The standard InChI is InChI=1S/C23H31N5O2/c1-18-7-9-19(10-8-18)24-22(29)17-28-23(30)12-11-21(25-28)27-15-13-26(14-16-27)20-5-3-2-4-6-20/h2-6,11-12,18-19H,7-10,13-17H2,1H3,(H,24,29). The van der Waals surface area contributed by atoms with Crippen LogP contribution in [0.3, 0.4) is 0 Å². The number of piperazine rings is 1. The first-order valence-corrected chi connectivity index (χ1v) is 11.0. The van der Waals surface area contributed by atoms with Gasteiger partial charge in [-0.1, -0.05) is 25.1 Å². The Balaban J connectivity index is 1.35. The predicted octanol–water partition coefficient (Wildman–Crippen LogP) is 2.26. The summed E-state index contributed by atoms with van der Waals surface area (Å²) in [5.74, 6) is 1.36. The highest BCUT2D eigenvalue weighted by Crippen LogP contribution is 2.23. The van der Waals surface area contributed by atoms with Gasteiger partial charge in [-0.25, -0.2) is 4.68 Å². The number of carbonyl (C=O) groups is 1. The monoisotopic (exact) mass is 409 g/mol. The van der Waals surface area contributed by atoms with Crippen LogP contribution in [-0.4, -0.2) is 47.9 Å². The molecule has 0 atom stereocenters. The number of anilines is 2. The van der Waals surface area contributed by atoms with E-state index in [1.807, 2.05) is 6.07 Å². The van der Waals surface area contributed by atoms with Crippen LogP contribution in [-0.2, 0) is 11.3 Å². The number of para-hydroxylation sites is 1. The number of carbonyl (C=O) groups excluding carboxylic acids is 1. The molecule has 0 spiro atoms. The van der Waals surface area contributed by atoms with Crippen LogP contribution in [0, 0.1) is 5.92 Å². The molecule has 30 heavy (non-hydrogen) atoms. The third-order valence-corrected chi connectivity index (χ3v) is 6.25. The van der Waals surface area contributed by atoms with Crippen LogP contribution in [0.5, 0.6) is 0 Å². The molecule has 1 aliphatic heterocycles. The molecule has 2 heterocycles. The Morgan fingerprint density at radius 2 is 1.63 bits per heavy atom. The molecular formula is C23H31N5O2. The zero-order valence-electron chi connectivity index (χ0n) is 17.7. The summed E-state index contributed by atoms with van der Waals surface area (Å²) in [6.07, 6.45) is 4.32. The molecule has 160 valence electrons. The first-order valence-electron chi connectivity index (χ1n) is 11.0. The lowest BCUT2D eigenvalue weighted by Crippen LogP contribution is -2.47. The summed E-state index contributed by atoms with van der Waals surface area (Å²) in [7, 11) is 0. The number of hydrogen-bond acceptors (Lipinski definition) is 5. The second kappa shape index (κ2) is 9.32. The smallest absolute Gasteiger partial charge is 0.267 e. The Kier molecular flexibility index (Phi) is 6.35. The Labute approximate surface area is 177 Å². The van der Waals surface area contributed by atoms with Gasteiger partial charge in [0.2, 0.25) is 5.91 Å². The van der Waals surface area contributed by atoms with Gasteiger partial charge in [0.15, 0.2) is 0 Å². The molecule has 1 saturated carbocycles. The average molecular weight is 410 g/mol.